The molecule has 1 saturated heterocycles. The maximum atomic E-state index is 8.36. The van der Waals surface area contributed by atoms with E-state index >= 15 is 0 Å². The highest BCUT2D eigenvalue weighted by Crippen LogP contribution is 2.07. The zero-order valence-electron chi connectivity index (χ0n) is 5.67. The molecule has 3 nitrogen and oxygen atoms in total. The summed E-state index contributed by atoms with van der Waals surface area (Å²) in [6, 6.07) is 0.183. The zero-order valence-corrected chi connectivity index (χ0v) is 6.49. The number of hydrogen-bond donors (Lipinski definition) is 2. The molecular weight excluding hydrogens is 150 g/mol. The predicted octanol–water partition coefficient (Wildman–Crippen LogP) is 0.0322. The van der Waals surface area contributed by atoms with Crippen LogP contribution in [0.25, 0.3) is 0 Å². The van der Waals surface area contributed by atoms with E-state index in [-0.39, 0.29) is 12.8 Å². The minimum atomic E-state index is -0.309. The van der Waals surface area contributed by atoms with E-state index in [1.807, 2.05) is 0 Å². The Morgan fingerprint density at radius 2 is 2.60 bits per heavy atom. The second-order valence-corrected chi connectivity index (χ2v) is 2.64. The minimum absolute atomic E-state index is 0.183. The van der Waals surface area contributed by atoms with Crippen molar-refractivity contribution in [2.24, 2.45) is 0 Å². The van der Waals surface area contributed by atoms with E-state index in [1.54, 1.807) is 0 Å². The minimum Gasteiger partial charge on any atom is -0.460 e. The number of rotatable bonds is 2. The topological polar surface area (TPSA) is 41.5 Å². The summed E-state index contributed by atoms with van der Waals surface area (Å²) >= 11 is 4.87. The van der Waals surface area contributed by atoms with Crippen LogP contribution < -0.4 is 5.32 Å². The third-order valence-corrected chi connectivity index (χ3v) is 1.95. The first-order valence-corrected chi connectivity index (χ1v) is 3.76. The van der Waals surface area contributed by atoms with Crippen molar-refractivity contribution in [1.82, 2.24) is 5.32 Å². The number of aliphatic hydroxyl groups is 1. The Morgan fingerprint density at radius 1 is 1.80 bits per heavy atom. The molecule has 1 aliphatic heterocycles. The number of hydrogen-bond acceptors (Lipinski definition) is 4. The highest BCUT2D eigenvalue weighted by atomic mass is 32.1. The van der Waals surface area contributed by atoms with E-state index in [1.165, 1.54) is 0 Å². The maximum Gasteiger partial charge on any atom is 0.187 e. The van der Waals surface area contributed by atoms with Gasteiger partial charge in [-0.25, -0.2) is 0 Å². The van der Waals surface area contributed by atoms with E-state index in [2.05, 4.69) is 5.32 Å². The van der Waals surface area contributed by atoms with Gasteiger partial charge in [-0.05, 0) is 31.6 Å². The molecule has 0 unspecified atom stereocenters. The number of aliphatic hydroxyl groups excluding tert-OH is 1. The Bertz CT molecular complexity index is 123. The fourth-order valence-electron chi connectivity index (χ4n) is 1.05. The molecule has 1 rings (SSSR count). The lowest BCUT2D eigenvalue weighted by atomic mass is 10.2. The van der Waals surface area contributed by atoms with Crippen LogP contribution in [-0.2, 0) is 4.74 Å². The summed E-state index contributed by atoms with van der Waals surface area (Å²) < 4.78 is 4.75. The summed E-state index contributed by atoms with van der Waals surface area (Å²) in [5.74, 6) is 0. The van der Waals surface area contributed by atoms with Crippen LogP contribution >= 0.6 is 12.2 Å². The maximum absolute atomic E-state index is 8.36. The second-order valence-electron chi connectivity index (χ2n) is 2.24. The van der Waals surface area contributed by atoms with Crippen molar-refractivity contribution in [3.8, 4) is 0 Å². The first-order valence-electron chi connectivity index (χ1n) is 3.35. The van der Waals surface area contributed by atoms with Crippen molar-refractivity contribution in [2.75, 3.05) is 13.3 Å². The molecule has 1 fully saturated rings. The SMILES string of the molecule is OCOC(=S)[C@@H]1CCCN1. The molecule has 10 heavy (non-hydrogen) atoms. The molecule has 1 aliphatic rings. The summed E-state index contributed by atoms with van der Waals surface area (Å²) in [6.07, 6.45) is 2.17. The molecule has 0 bridgehead atoms. The molecule has 0 radical (unpaired) electrons. The van der Waals surface area contributed by atoms with Crippen molar-refractivity contribution in [2.45, 2.75) is 18.9 Å². The third-order valence-electron chi connectivity index (χ3n) is 1.55. The molecule has 0 aliphatic carbocycles. The van der Waals surface area contributed by atoms with Crippen LogP contribution in [0.3, 0.4) is 0 Å². The highest BCUT2D eigenvalue weighted by molar-refractivity contribution is 7.80. The monoisotopic (exact) mass is 161 g/mol. The van der Waals surface area contributed by atoms with Crippen molar-refractivity contribution in [1.29, 1.82) is 0 Å². The van der Waals surface area contributed by atoms with Gasteiger partial charge in [0.05, 0.1) is 6.04 Å². The fourth-order valence-corrected chi connectivity index (χ4v) is 1.30. The van der Waals surface area contributed by atoms with Gasteiger partial charge in [0, 0.05) is 0 Å². The van der Waals surface area contributed by atoms with Crippen molar-refractivity contribution in [3.63, 3.8) is 0 Å². The predicted molar refractivity (Wildman–Crippen MR) is 41.8 cm³/mol. The lowest BCUT2D eigenvalue weighted by Gasteiger charge is -2.10. The summed E-state index contributed by atoms with van der Waals surface area (Å²) in [7, 11) is 0. The van der Waals surface area contributed by atoms with Crippen LogP contribution in [0.4, 0.5) is 0 Å². The lowest BCUT2D eigenvalue weighted by Crippen LogP contribution is -2.31. The summed E-state index contributed by atoms with van der Waals surface area (Å²) in [5, 5.41) is 12.0. The quantitative estimate of drug-likeness (QED) is 0.443. The van der Waals surface area contributed by atoms with Gasteiger partial charge in [-0.3, -0.25) is 0 Å². The summed E-state index contributed by atoms with van der Waals surface area (Å²) in [4.78, 5) is 0. The summed E-state index contributed by atoms with van der Waals surface area (Å²) in [6.45, 7) is 0.691. The van der Waals surface area contributed by atoms with Crippen LogP contribution in [0.2, 0.25) is 0 Å². The van der Waals surface area contributed by atoms with Gasteiger partial charge in [-0.1, -0.05) is 0 Å². The molecule has 0 amide bonds. The van der Waals surface area contributed by atoms with Crippen LogP contribution in [-0.4, -0.2) is 29.5 Å². The Hall–Kier alpha value is -0.190. The van der Waals surface area contributed by atoms with Crippen molar-refractivity contribution in [3.05, 3.63) is 0 Å². The number of ether oxygens (including phenoxy) is 1. The van der Waals surface area contributed by atoms with Gasteiger partial charge in [0.15, 0.2) is 11.8 Å². The van der Waals surface area contributed by atoms with Crippen LogP contribution in [0.15, 0.2) is 0 Å². The fraction of sp³-hybridized carbons (Fsp3) is 0.833. The van der Waals surface area contributed by atoms with E-state index in [0.717, 1.165) is 19.4 Å². The summed E-state index contributed by atoms with van der Waals surface area (Å²) in [5.41, 5.74) is 0. The molecule has 0 aromatic heterocycles. The van der Waals surface area contributed by atoms with Gasteiger partial charge in [0.1, 0.15) is 0 Å². The second kappa shape index (κ2) is 3.85. The first-order chi connectivity index (χ1) is 4.84. The number of nitrogens with one attached hydrogen (secondary N) is 1. The molecular formula is C6H11NO2S. The van der Waals surface area contributed by atoms with Gasteiger partial charge >= 0.3 is 0 Å². The molecule has 0 aromatic rings. The Labute approximate surface area is 65.4 Å². The van der Waals surface area contributed by atoms with Gasteiger partial charge in [-0.15, -0.1) is 0 Å². The average molecular weight is 161 g/mol. The average Bonchev–Trinajstić information content (AvgIpc) is 2.38. The van der Waals surface area contributed by atoms with Crippen LogP contribution in [0.1, 0.15) is 12.8 Å². The van der Waals surface area contributed by atoms with Crippen LogP contribution in [0.5, 0.6) is 0 Å². The van der Waals surface area contributed by atoms with Gasteiger partial charge in [0.2, 0.25) is 0 Å². The Kier molecular flexibility index (Phi) is 3.05. The zero-order chi connectivity index (χ0) is 7.40. The lowest BCUT2D eigenvalue weighted by molar-refractivity contribution is 0.0870. The third kappa shape index (κ3) is 1.90. The molecule has 4 heteroatoms. The molecule has 0 saturated carbocycles. The Balaban J connectivity index is 2.25. The smallest absolute Gasteiger partial charge is 0.187 e. The van der Waals surface area contributed by atoms with E-state index < -0.39 is 0 Å². The van der Waals surface area contributed by atoms with Crippen LogP contribution in [0, 0.1) is 0 Å². The molecule has 1 atom stereocenters. The largest absolute Gasteiger partial charge is 0.460 e. The van der Waals surface area contributed by atoms with Gasteiger partial charge in [0.25, 0.3) is 0 Å². The molecule has 0 spiro atoms. The van der Waals surface area contributed by atoms with Crippen molar-refractivity contribution < 1.29 is 9.84 Å². The molecule has 1 heterocycles. The van der Waals surface area contributed by atoms with Gasteiger partial charge in [-0.2, -0.15) is 0 Å². The Morgan fingerprint density at radius 3 is 3.10 bits per heavy atom. The van der Waals surface area contributed by atoms with Crippen molar-refractivity contribution >= 4 is 17.3 Å². The van der Waals surface area contributed by atoms with E-state index in [0.29, 0.717) is 5.05 Å². The standard InChI is InChI=1S/C6H11NO2S/c8-4-9-6(10)5-2-1-3-7-5/h5,7-8H,1-4H2/t5-/m0/s1. The molecule has 0 aromatic carbocycles. The first kappa shape index (κ1) is 7.91. The van der Waals surface area contributed by atoms with E-state index in [4.69, 9.17) is 22.1 Å². The highest BCUT2D eigenvalue weighted by Gasteiger charge is 2.19. The van der Waals surface area contributed by atoms with E-state index in [9.17, 15) is 0 Å². The molecule has 58 valence electrons. The number of thiocarbonyl (C=S) groups is 1. The molecule has 2 N–H and O–H groups in total. The normalized spacial score (nSPS) is 24.7. The van der Waals surface area contributed by atoms with Gasteiger partial charge < -0.3 is 15.2 Å².